The molecular formula is C20H19ClN4O4. The maximum Gasteiger partial charge on any atom is 0.312 e. The Bertz CT molecular complexity index is 976. The second-order valence-corrected chi connectivity index (χ2v) is 6.70. The van der Waals surface area contributed by atoms with E-state index in [2.05, 4.69) is 15.5 Å². The van der Waals surface area contributed by atoms with Crippen LogP contribution in [0.2, 0.25) is 5.02 Å². The van der Waals surface area contributed by atoms with Gasteiger partial charge in [0, 0.05) is 10.6 Å². The van der Waals surface area contributed by atoms with Crippen molar-refractivity contribution >= 4 is 23.6 Å². The van der Waals surface area contributed by atoms with Crippen molar-refractivity contribution in [3.63, 3.8) is 0 Å². The lowest BCUT2D eigenvalue weighted by Gasteiger charge is -2.18. The summed E-state index contributed by atoms with van der Waals surface area (Å²) in [5.41, 5.74) is 6.66. The van der Waals surface area contributed by atoms with Crippen LogP contribution in [-0.2, 0) is 9.53 Å². The van der Waals surface area contributed by atoms with Gasteiger partial charge in [0.1, 0.15) is 0 Å². The van der Waals surface area contributed by atoms with Gasteiger partial charge in [-0.25, -0.2) is 4.79 Å². The predicted molar refractivity (Wildman–Crippen MR) is 106 cm³/mol. The van der Waals surface area contributed by atoms with E-state index in [0.29, 0.717) is 16.5 Å². The van der Waals surface area contributed by atoms with Gasteiger partial charge in [-0.2, -0.15) is 0 Å². The number of nitrogens with two attached hydrogens (primary N) is 1. The number of halogens is 1. The van der Waals surface area contributed by atoms with Crippen molar-refractivity contribution < 1.29 is 18.7 Å². The molecule has 1 heterocycles. The summed E-state index contributed by atoms with van der Waals surface area (Å²) in [6.45, 7) is 1.62. The Morgan fingerprint density at radius 1 is 1.14 bits per heavy atom. The number of esters is 1. The molecule has 2 amide bonds. The number of carbonyl (C=O) groups excluding carboxylic acids is 2. The highest BCUT2D eigenvalue weighted by Gasteiger charge is 2.23. The SMILES string of the molecule is C[C@H](OC(=O)C[C@H](NC(N)=O)c1ccc(Cl)cc1)c1nnc(-c2ccccc2)o1. The molecule has 1 aromatic heterocycles. The lowest BCUT2D eigenvalue weighted by Crippen LogP contribution is -2.34. The summed E-state index contributed by atoms with van der Waals surface area (Å²) in [5.74, 6) is -0.0632. The molecule has 150 valence electrons. The predicted octanol–water partition coefficient (Wildman–Crippen LogP) is 3.79. The first-order valence-electron chi connectivity index (χ1n) is 8.82. The highest BCUT2D eigenvalue weighted by Crippen LogP contribution is 2.24. The zero-order chi connectivity index (χ0) is 20.8. The monoisotopic (exact) mass is 414 g/mol. The minimum atomic E-state index is -0.757. The van der Waals surface area contributed by atoms with E-state index in [0.717, 1.165) is 5.56 Å². The number of primary amides is 1. The van der Waals surface area contributed by atoms with Gasteiger partial charge in [-0.1, -0.05) is 41.9 Å². The van der Waals surface area contributed by atoms with Crippen LogP contribution in [0.3, 0.4) is 0 Å². The van der Waals surface area contributed by atoms with Gasteiger partial charge in [0.2, 0.25) is 5.89 Å². The van der Waals surface area contributed by atoms with E-state index < -0.39 is 24.1 Å². The number of nitrogens with zero attached hydrogens (tertiary/aromatic N) is 2. The van der Waals surface area contributed by atoms with Crippen molar-refractivity contribution in [2.24, 2.45) is 5.73 Å². The molecule has 9 heteroatoms. The fourth-order valence-electron chi connectivity index (χ4n) is 2.68. The molecule has 29 heavy (non-hydrogen) atoms. The third kappa shape index (κ3) is 5.55. The van der Waals surface area contributed by atoms with E-state index in [9.17, 15) is 9.59 Å². The molecule has 0 unspecified atom stereocenters. The van der Waals surface area contributed by atoms with Crippen molar-refractivity contribution in [1.29, 1.82) is 0 Å². The van der Waals surface area contributed by atoms with Crippen molar-refractivity contribution in [2.75, 3.05) is 0 Å². The van der Waals surface area contributed by atoms with E-state index >= 15 is 0 Å². The second kappa shape index (κ2) is 9.20. The van der Waals surface area contributed by atoms with E-state index in [1.54, 1.807) is 31.2 Å². The Balaban J connectivity index is 1.65. The molecule has 8 nitrogen and oxygen atoms in total. The molecule has 0 spiro atoms. The summed E-state index contributed by atoms with van der Waals surface area (Å²) in [4.78, 5) is 23.7. The molecule has 0 aliphatic carbocycles. The third-order valence-corrected chi connectivity index (χ3v) is 4.33. The Kier molecular flexibility index (Phi) is 6.46. The molecule has 0 aliphatic rings. The number of rotatable bonds is 7. The number of ether oxygens (including phenoxy) is 1. The zero-order valence-corrected chi connectivity index (χ0v) is 16.3. The van der Waals surface area contributed by atoms with Crippen molar-refractivity contribution in [2.45, 2.75) is 25.5 Å². The average Bonchev–Trinajstić information content (AvgIpc) is 3.19. The maximum absolute atomic E-state index is 12.4. The number of nitrogens with one attached hydrogen (secondary N) is 1. The Labute approximate surface area is 172 Å². The number of carbonyl (C=O) groups is 2. The normalized spacial score (nSPS) is 12.8. The number of aromatic nitrogens is 2. The zero-order valence-electron chi connectivity index (χ0n) is 15.5. The molecule has 3 aromatic rings. The number of benzene rings is 2. The lowest BCUT2D eigenvalue weighted by atomic mass is 10.0. The molecule has 3 N–H and O–H groups in total. The molecule has 0 saturated heterocycles. The molecule has 0 aliphatic heterocycles. The van der Waals surface area contributed by atoms with E-state index in [1.807, 2.05) is 30.3 Å². The van der Waals surface area contributed by atoms with Crippen molar-refractivity contribution in [1.82, 2.24) is 15.5 Å². The number of hydrogen-bond acceptors (Lipinski definition) is 6. The van der Waals surface area contributed by atoms with Crippen LogP contribution in [-0.4, -0.2) is 22.2 Å². The molecule has 3 rings (SSSR count). The summed E-state index contributed by atoms with van der Waals surface area (Å²) >= 11 is 5.88. The van der Waals surface area contributed by atoms with Gasteiger partial charge in [-0.3, -0.25) is 4.79 Å². The summed E-state index contributed by atoms with van der Waals surface area (Å²) in [5, 5.41) is 11.0. The van der Waals surface area contributed by atoms with Crippen LogP contribution in [0.1, 0.15) is 36.9 Å². The fourth-order valence-corrected chi connectivity index (χ4v) is 2.80. The van der Waals surface area contributed by atoms with Crippen LogP contribution in [0.4, 0.5) is 4.79 Å². The Morgan fingerprint density at radius 3 is 2.48 bits per heavy atom. The topological polar surface area (TPSA) is 120 Å². The number of urea groups is 1. The molecule has 0 radical (unpaired) electrons. The smallest absolute Gasteiger partial charge is 0.312 e. The third-order valence-electron chi connectivity index (χ3n) is 4.08. The lowest BCUT2D eigenvalue weighted by molar-refractivity contribution is -0.150. The van der Waals surface area contributed by atoms with Gasteiger partial charge >= 0.3 is 12.0 Å². The van der Waals surface area contributed by atoms with Gasteiger partial charge in [-0.05, 0) is 36.8 Å². The molecule has 2 aromatic carbocycles. The average molecular weight is 415 g/mol. The first kappa shape index (κ1) is 20.3. The standard InChI is InChI=1S/C20H19ClN4O4/c1-12(18-24-25-19(29-18)14-5-3-2-4-6-14)28-17(26)11-16(23-20(22)27)13-7-9-15(21)10-8-13/h2-10,12,16H,11H2,1H3,(H3,22,23,27)/t12-,16-/m0/s1. The van der Waals surface area contributed by atoms with Gasteiger partial charge in [-0.15, -0.1) is 10.2 Å². The maximum atomic E-state index is 12.4. The van der Waals surface area contributed by atoms with E-state index in [1.165, 1.54) is 0 Å². The highest BCUT2D eigenvalue weighted by molar-refractivity contribution is 6.30. The number of amides is 2. The van der Waals surface area contributed by atoms with Gasteiger partial charge in [0.25, 0.3) is 5.89 Å². The first-order chi connectivity index (χ1) is 13.9. The second-order valence-electron chi connectivity index (χ2n) is 6.26. The van der Waals surface area contributed by atoms with Gasteiger partial charge < -0.3 is 20.2 Å². The number of hydrogen-bond donors (Lipinski definition) is 2. The molecule has 0 saturated carbocycles. The highest BCUT2D eigenvalue weighted by atomic mass is 35.5. The summed E-state index contributed by atoms with van der Waals surface area (Å²) in [6, 6.07) is 14.5. The largest absolute Gasteiger partial charge is 0.453 e. The van der Waals surface area contributed by atoms with Gasteiger partial charge in [0.15, 0.2) is 6.10 Å². The van der Waals surface area contributed by atoms with Crippen LogP contribution in [0, 0.1) is 0 Å². The Hall–Kier alpha value is -3.39. The van der Waals surface area contributed by atoms with Gasteiger partial charge in [0.05, 0.1) is 12.5 Å². The van der Waals surface area contributed by atoms with E-state index in [4.69, 9.17) is 26.5 Å². The van der Waals surface area contributed by atoms with Crippen molar-refractivity contribution in [3.05, 3.63) is 71.1 Å². The van der Waals surface area contributed by atoms with Crippen LogP contribution in [0.15, 0.2) is 59.0 Å². The molecule has 2 atom stereocenters. The minimum absolute atomic E-state index is 0.130. The van der Waals surface area contributed by atoms with E-state index in [-0.39, 0.29) is 12.3 Å². The van der Waals surface area contributed by atoms with Crippen LogP contribution in [0.25, 0.3) is 11.5 Å². The summed E-state index contributed by atoms with van der Waals surface area (Å²) in [6.07, 6.45) is -0.888. The fraction of sp³-hybridized carbons (Fsp3) is 0.200. The van der Waals surface area contributed by atoms with Crippen LogP contribution in [0.5, 0.6) is 0 Å². The molecule has 0 fully saturated rings. The summed E-state index contributed by atoms with van der Waals surface area (Å²) in [7, 11) is 0. The summed E-state index contributed by atoms with van der Waals surface area (Å²) < 4.78 is 11.0. The quantitative estimate of drug-likeness (QED) is 0.567. The first-order valence-corrected chi connectivity index (χ1v) is 9.20. The van der Waals surface area contributed by atoms with Crippen molar-refractivity contribution in [3.8, 4) is 11.5 Å². The molecule has 0 bridgehead atoms. The Morgan fingerprint density at radius 2 is 1.83 bits per heavy atom. The minimum Gasteiger partial charge on any atom is -0.453 e. The van der Waals surface area contributed by atoms with Crippen LogP contribution < -0.4 is 11.1 Å². The van der Waals surface area contributed by atoms with Crippen LogP contribution >= 0.6 is 11.6 Å². The molecular weight excluding hydrogens is 396 g/mol.